The highest BCUT2D eigenvalue weighted by atomic mass is 15.1. The Kier molecular flexibility index (Phi) is 2.83. The van der Waals surface area contributed by atoms with Gasteiger partial charge in [0.2, 0.25) is 0 Å². The molecule has 0 spiro atoms. The molecule has 17 heavy (non-hydrogen) atoms. The van der Waals surface area contributed by atoms with Gasteiger partial charge in [-0.15, -0.1) is 0 Å². The number of hydrogen-bond donors (Lipinski definition) is 1. The first-order valence-electron chi connectivity index (χ1n) is 6.85. The summed E-state index contributed by atoms with van der Waals surface area (Å²) in [5.41, 5.74) is 4.64. The summed E-state index contributed by atoms with van der Waals surface area (Å²) in [6, 6.07) is 6.89. The smallest absolute Gasteiger partial charge is 0.0431 e. The zero-order valence-electron chi connectivity index (χ0n) is 10.9. The average molecular weight is 230 g/mol. The Morgan fingerprint density at radius 1 is 1.41 bits per heavy atom. The fourth-order valence-electron chi connectivity index (χ4n) is 3.63. The third-order valence-electron chi connectivity index (χ3n) is 4.43. The summed E-state index contributed by atoms with van der Waals surface area (Å²) in [6.45, 7) is 5.84. The molecule has 2 aliphatic heterocycles. The van der Waals surface area contributed by atoms with Crippen molar-refractivity contribution in [1.29, 1.82) is 0 Å². The highest BCUT2D eigenvalue weighted by molar-refractivity contribution is 5.62. The van der Waals surface area contributed by atoms with E-state index >= 15 is 0 Å². The van der Waals surface area contributed by atoms with Gasteiger partial charge in [0.05, 0.1) is 0 Å². The Bertz CT molecular complexity index is 413. The number of aryl methyl sites for hydroxylation is 1. The average Bonchev–Trinajstić information content (AvgIpc) is 2.38. The van der Waals surface area contributed by atoms with Crippen molar-refractivity contribution in [2.75, 3.05) is 31.6 Å². The summed E-state index contributed by atoms with van der Waals surface area (Å²) < 4.78 is 0. The number of nitrogens with zero attached hydrogens (tertiary/aromatic N) is 1. The molecule has 1 aromatic carbocycles. The molecule has 0 aromatic heterocycles. The number of rotatable bonds is 1. The van der Waals surface area contributed by atoms with Crippen molar-refractivity contribution in [3.63, 3.8) is 0 Å². The first kappa shape index (κ1) is 11.1. The van der Waals surface area contributed by atoms with Crippen LogP contribution in [0.15, 0.2) is 18.2 Å². The second kappa shape index (κ2) is 4.34. The molecule has 2 nitrogen and oxygen atoms in total. The van der Waals surface area contributed by atoms with Crippen LogP contribution in [0.2, 0.25) is 0 Å². The monoisotopic (exact) mass is 230 g/mol. The largest absolute Gasteiger partial charge is 0.374 e. The van der Waals surface area contributed by atoms with Gasteiger partial charge in [-0.05, 0) is 42.3 Å². The maximum Gasteiger partial charge on any atom is 0.0431 e. The minimum Gasteiger partial charge on any atom is -0.374 e. The van der Waals surface area contributed by atoms with Crippen LogP contribution in [0.3, 0.4) is 0 Å². The molecule has 1 N–H and O–H groups in total. The normalized spacial score (nSPS) is 27.5. The standard InChI is InChI=1S/C15H22N2/c1-3-11-5-4-6-14-13-7-8-16-9-12(13)10-17(2)15(11)14/h4-6,12-13,16H,3,7-10H2,1-2H3. The Balaban J connectivity index is 2.07. The summed E-state index contributed by atoms with van der Waals surface area (Å²) in [7, 11) is 2.25. The molecule has 1 saturated heterocycles. The molecule has 0 aliphatic carbocycles. The van der Waals surface area contributed by atoms with Gasteiger partial charge in [0.25, 0.3) is 0 Å². The van der Waals surface area contributed by atoms with Crippen LogP contribution in [0.4, 0.5) is 5.69 Å². The van der Waals surface area contributed by atoms with E-state index in [2.05, 4.69) is 42.4 Å². The molecule has 0 bridgehead atoms. The number of anilines is 1. The van der Waals surface area contributed by atoms with Crippen LogP contribution in [0.5, 0.6) is 0 Å². The minimum absolute atomic E-state index is 0.786. The lowest BCUT2D eigenvalue weighted by Crippen LogP contribution is -2.45. The molecule has 1 fully saturated rings. The Hall–Kier alpha value is -1.02. The van der Waals surface area contributed by atoms with E-state index in [9.17, 15) is 0 Å². The molecule has 92 valence electrons. The second-order valence-corrected chi connectivity index (χ2v) is 5.45. The van der Waals surface area contributed by atoms with E-state index in [1.807, 2.05) is 0 Å². The van der Waals surface area contributed by atoms with Gasteiger partial charge in [0, 0.05) is 25.8 Å². The second-order valence-electron chi connectivity index (χ2n) is 5.45. The molecule has 0 radical (unpaired) electrons. The number of benzene rings is 1. The van der Waals surface area contributed by atoms with Crippen LogP contribution in [-0.2, 0) is 6.42 Å². The van der Waals surface area contributed by atoms with E-state index in [0.29, 0.717) is 0 Å². The fourth-order valence-corrected chi connectivity index (χ4v) is 3.63. The first-order valence-corrected chi connectivity index (χ1v) is 6.85. The van der Waals surface area contributed by atoms with E-state index in [0.717, 1.165) is 18.3 Å². The van der Waals surface area contributed by atoms with Crippen molar-refractivity contribution in [2.45, 2.75) is 25.7 Å². The van der Waals surface area contributed by atoms with Crippen molar-refractivity contribution in [3.8, 4) is 0 Å². The van der Waals surface area contributed by atoms with Crippen LogP contribution in [0, 0.1) is 5.92 Å². The van der Waals surface area contributed by atoms with E-state index in [4.69, 9.17) is 0 Å². The van der Waals surface area contributed by atoms with Crippen LogP contribution < -0.4 is 10.2 Å². The van der Waals surface area contributed by atoms with E-state index in [-0.39, 0.29) is 0 Å². The lowest BCUT2D eigenvalue weighted by atomic mass is 9.76. The SMILES string of the molecule is CCc1cccc2c1N(C)CC1CNCCC21. The van der Waals surface area contributed by atoms with Crippen LogP contribution >= 0.6 is 0 Å². The molecule has 0 saturated carbocycles. The summed E-state index contributed by atoms with van der Waals surface area (Å²) in [6.07, 6.45) is 2.45. The predicted molar refractivity (Wildman–Crippen MR) is 72.8 cm³/mol. The van der Waals surface area contributed by atoms with Crippen molar-refractivity contribution >= 4 is 5.69 Å². The van der Waals surface area contributed by atoms with E-state index in [1.165, 1.54) is 37.3 Å². The highest BCUT2D eigenvalue weighted by Gasteiger charge is 2.34. The number of hydrogen-bond acceptors (Lipinski definition) is 2. The molecule has 1 aromatic rings. The molecule has 0 amide bonds. The summed E-state index contributed by atoms with van der Waals surface area (Å²) >= 11 is 0. The molecule has 2 heteroatoms. The maximum absolute atomic E-state index is 3.54. The van der Waals surface area contributed by atoms with Gasteiger partial charge in [0.15, 0.2) is 0 Å². The third kappa shape index (κ3) is 1.75. The number of nitrogens with one attached hydrogen (secondary N) is 1. The maximum atomic E-state index is 3.54. The van der Waals surface area contributed by atoms with Gasteiger partial charge in [-0.3, -0.25) is 0 Å². The number of piperidine rings is 1. The van der Waals surface area contributed by atoms with Gasteiger partial charge >= 0.3 is 0 Å². The fraction of sp³-hybridized carbons (Fsp3) is 0.600. The molecule has 3 rings (SSSR count). The van der Waals surface area contributed by atoms with Gasteiger partial charge in [-0.1, -0.05) is 25.1 Å². The minimum atomic E-state index is 0.786. The molecular formula is C15H22N2. The summed E-state index contributed by atoms with van der Waals surface area (Å²) in [5.74, 6) is 1.59. The molecule has 2 atom stereocenters. The van der Waals surface area contributed by atoms with E-state index < -0.39 is 0 Å². The lowest BCUT2D eigenvalue weighted by Gasteiger charge is -2.43. The molecule has 2 unspecified atom stereocenters. The Morgan fingerprint density at radius 2 is 2.29 bits per heavy atom. The predicted octanol–water partition coefficient (Wildman–Crippen LogP) is 2.39. The van der Waals surface area contributed by atoms with Crippen LogP contribution in [-0.4, -0.2) is 26.7 Å². The molecule has 2 heterocycles. The first-order chi connectivity index (χ1) is 8.31. The van der Waals surface area contributed by atoms with Crippen molar-refractivity contribution in [1.82, 2.24) is 5.32 Å². The topological polar surface area (TPSA) is 15.3 Å². The van der Waals surface area contributed by atoms with E-state index in [1.54, 1.807) is 5.56 Å². The van der Waals surface area contributed by atoms with Crippen LogP contribution in [0.25, 0.3) is 0 Å². The highest BCUT2D eigenvalue weighted by Crippen LogP contribution is 2.42. The number of fused-ring (bicyclic) bond motifs is 3. The van der Waals surface area contributed by atoms with Crippen molar-refractivity contribution in [2.24, 2.45) is 5.92 Å². The van der Waals surface area contributed by atoms with Crippen LogP contribution in [0.1, 0.15) is 30.4 Å². The third-order valence-corrected chi connectivity index (χ3v) is 4.43. The van der Waals surface area contributed by atoms with Gasteiger partial charge in [-0.25, -0.2) is 0 Å². The van der Waals surface area contributed by atoms with Gasteiger partial charge < -0.3 is 10.2 Å². The van der Waals surface area contributed by atoms with Crippen molar-refractivity contribution in [3.05, 3.63) is 29.3 Å². The van der Waals surface area contributed by atoms with Gasteiger partial charge in [-0.2, -0.15) is 0 Å². The van der Waals surface area contributed by atoms with Gasteiger partial charge in [0.1, 0.15) is 0 Å². The zero-order chi connectivity index (χ0) is 11.8. The Morgan fingerprint density at radius 3 is 3.12 bits per heavy atom. The molecular weight excluding hydrogens is 208 g/mol. The summed E-state index contributed by atoms with van der Waals surface area (Å²) in [5, 5.41) is 3.54. The number of para-hydroxylation sites is 1. The summed E-state index contributed by atoms with van der Waals surface area (Å²) in [4.78, 5) is 2.47. The zero-order valence-corrected chi connectivity index (χ0v) is 10.9. The lowest BCUT2D eigenvalue weighted by molar-refractivity contribution is 0.318. The Labute approximate surface area is 104 Å². The van der Waals surface area contributed by atoms with Crippen molar-refractivity contribution < 1.29 is 0 Å². The molecule has 2 aliphatic rings. The quantitative estimate of drug-likeness (QED) is 0.797.